The van der Waals surface area contributed by atoms with Crippen LogP contribution >= 0.6 is 11.3 Å². The van der Waals surface area contributed by atoms with Gasteiger partial charge < -0.3 is 4.74 Å². The summed E-state index contributed by atoms with van der Waals surface area (Å²) in [4.78, 5) is 12.5. The van der Waals surface area contributed by atoms with Gasteiger partial charge in [0.05, 0.1) is 12.7 Å². The van der Waals surface area contributed by atoms with E-state index in [1.165, 1.54) is 7.11 Å². The van der Waals surface area contributed by atoms with Crippen molar-refractivity contribution in [2.75, 3.05) is 7.11 Å². The SMILES string of the molecule is CC.CC.COC(=O)c1c(C)sc2ccccc12. The lowest BCUT2D eigenvalue weighted by Gasteiger charge is -1.97. The number of carbonyl (C=O) groups is 1. The molecule has 0 aliphatic rings. The number of carbonyl (C=O) groups excluding carboxylic acids is 1. The smallest absolute Gasteiger partial charge is 0.339 e. The van der Waals surface area contributed by atoms with Gasteiger partial charge in [0, 0.05) is 15.0 Å². The summed E-state index contributed by atoms with van der Waals surface area (Å²) in [5.74, 6) is -0.250. The predicted octanol–water partition coefficient (Wildman–Crippen LogP) is 5.05. The molecule has 0 amide bonds. The Balaban J connectivity index is 0.000000659. The Kier molecular flexibility index (Phi) is 8.05. The van der Waals surface area contributed by atoms with Gasteiger partial charge in [-0.25, -0.2) is 4.79 Å². The number of aryl methyl sites for hydroxylation is 1. The van der Waals surface area contributed by atoms with Crippen molar-refractivity contribution in [1.82, 2.24) is 0 Å². The highest BCUT2D eigenvalue weighted by molar-refractivity contribution is 7.19. The number of fused-ring (bicyclic) bond motifs is 1. The first-order valence-electron chi connectivity index (χ1n) is 6.30. The Bertz CT molecular complexity index is 486. The molecule has 0 saturated heterocycles. The normalized spacial score (nSPS) is 8.78. The maximum absolute atomic E-state index is 11.5. The molecule has 0 spiro atoms. The molecule has 0 radical (unpaired) electrons. The highest BCUT2D eigenvalue weighted by atomic mass is 32.1. The van der Waals surface area contributed by atoms with E-state index in [4.69, 9.17) is 4.74 Å². The quantitative estimate of drug-likeness (QED) is 0.675. The van der Waals surface area contributed by atoms with Crippen LogP contribution < -0.4 is 0 Å². The maximum Gasteiger partial charge on any atom is 0.339 e. The Labute approximate surface area is 114 Å². The second-order valence-electron chi connectivity index (χ2n) is 3.02. The largest absolute Gasteiger partial charge is 0.465 e. The van der Waals surface area contributed by atoms with Gasteiger partial charge in [-0.15, -0.1) is 11.3 Å². The van der Waals surface area contributed by atoms with Gasteiger partial charge in [0.15, 0.2) is 0 Å². The highest BCUT2D eigenvalue weighted by Gasteiger charge is 2.15. The Morgan fingerprint density at radius 3 is 2.22 bits per heavy atom. The fourth-order valence-electron chi connectivity index (χ4n) is 1.52. The standard InChI is InChI=1S/C11H10O2S.2C2H6/c1-7-10(11(12)13-2)8-5-3-4-6-9(8)14-7;2*1-2/h3-6H,1-2H3;2*1-2H3. The molecule has 0 atom stereocenters. The number of methoxy groups -OCH3 is 1. The first kappa shape index (κ1) is 16.6. The average Bonchev–Trinajstić information content (AvgIpc) is 2.78. The lowest BCUT2D eigenvalue weighted by atomic mass is 10.1. The molecule has 1 aromatic carbocycles. The van der Waals surface area contributed by atoms with Gasteiger partial charge in [0.2, 0.25) is 0 Å². The summed E-state index contributed by atoms with van der Waals surface area (Å²) in [6.45, 7) is 9.94. The number of hydrogen-bond donors (Lipinski definition) is 0. The van der Waals surface area contributed by atoms with Crippen molar-refractivity contribution in [3.63, 3.8) is 0 Å². The van der Waals surface area contributed by atoms with E-state index >= 15 is 0 Å². The summed E-state index contributed by atoms with van der Waals surface area (Å²) in [7, 11) is 1.41. The maximum atomic E-state index is 11.5. The predicted molar refractivity (Wildman–Crippen MR) is 80.6 cm³/mol. The van der Waals surface area contributed by atoms with Gasteiger partial charge in [-0.2, -0.15) is 0 Å². The van der Waals surface area contributed by atoms with E-state index in [-0.39, 0.29) is 5.97 Å². The molecule has 0 saturated carbocycles. The van der Waals surface area contributed by atoms with E-state index < -0.39 is 0 Å². The van der Waals surface area contributed by atoms with E-state index in [1.54, 1.807) is 11.3 Å². The average molecular weight is 266 g/mol. The molecule has 3 heteroatoms. The van der Waals surface area contributed by atoms with Crippen LogP contribution in [0.3, 0.4) is 0 Å². The van der Waals surface area contributed by atoms with Gasteiger partial charge in [0.1, 0.15) is 0 Å². The zero-order valence-corrected chi connectivity index (χ0v) is 12.9. The minimum Gasteiger partial charge on any atom is -0.465 e. The van der Waals surface area contributed by atoms with E-state index in [0.29, 0.717) is 5.56 Å². The summed E-state index contributed by atoms with van der Waals surface area (Å²) in [5.41, 5.74) is 0.702. The Hall–Kier alpha value is -1.35. The van der Waals surface area contributed by atoms with Gasteiger partial charge in [0.25, 0.3) is 0 Å². The number of rotatable bonds is 1. The molecule has 0 aliphatic heterocycles. The number of ether oxygens (including phenoxy) is 1. The van der Waals surface area contributed by atoms with Crippen molar-refractivity contribution in [2.24, 2.45) is 0 Å². The van der Waals surface area contributed by atoms with Crippen molar-refractivity contribution in [3.8, 4) is 0 Å². The van der Waals surface area contributed by atoms with Crippen molar-refractivity contribution in [1.29, 1.82) is 0 Å². The molecule has 1 heterocycles. The van der Waals surface area contributed by atoms with Crippen LogP contribution in [-0.2, 0) is 4.74 Å². The Morgan fingerprint density at radius 2 is 1.67 bits per heavy atom. The summed E-state index contributed by atoms with van der Waals surface area (Å²) in [6.07, 6.45) is 0. The number of benzene rings is 1. The van der Waals surface area contributed by atoms with E-state index in [0.717, 1.165) is 15.0 Å². The fourth-order valence-corrected chi connectivity index (χ4v) is 2.58. The van der Waals surface area contributed by atoms with Crippen LogP contribution in [0.2, 0.25) is 0 Å². The molecule has 2 nitrogen and oxygen atoms in total. The third-order valence-corrected chi connectivity index (χ3v) is 3.25. The van der Waals surface area contributed by atoms with Crippen LogP contribution in [-0.4, -0.2) is 13.1 Å². The zero-order valence-electron chi connectivity index (χ0n) is 12.0. The molecule has 100 valence electrons. The van der Waals surface area contributed by atoms with E-state index in [9.17, 15) is 4.79 Å². The van der Waals surface area contributed by atoms with Crippen LogP contribution in [0.15, 0.2) is 24.3 Å². The molecule has 0 fully saturated rings. The number of esters is 1. The highest BCUT2D eigenvalue weighted by Crippen LogP contribution is 2.30. The van der Waals surface area contributed by atoms with Crippen molar-refractivity contribution >= 4 is 27.4 Å². The van der Waals surface area contributed by atoms with Gasteiger partial charge in [-0.3, -0.25) is 0 Å². The molecular formula is C15H22O2S. The summed E-state index contributed by atoms with van der Waals surface area (Å²) >= 11 is 1.62. The lowest BCUT2D eigenvalue weighted by molar-refractivity contribution is 0.0603. The molecule has 2 aromatic rings. The molecule has 1 aromatic heterocycles. The third-order valence-electron chi connectivity index (χ3n) is 2.16. The minimum atomic E-state index is -0.250. The summed E-state index contributed by atoms with van der Waals surface area (Å²) in [5, 5.41) is 0.988. The van der Waals surface area contributed by atoms with Crippen molar-refractivity contribution < 1.29 is 9.53 Å². The Morgan fingerprint density at radius 1 is 1.11 bits per heavy atom. The molecule has 0 bridgehead atoms. The van der Waals surface area contributed by atoms with Crippen LogP contribution in [0.1, 0.15) is 42.9 Å². The lowest BCUT2D eigenvalue weighted by Crippen LogP contribution is -2.01. The first-order valence-corrected chi connectivity index (χ1v) is 7.12. The second-order valence-corrected chi connectivity index (χ2v) is 4.28. The topological polar surface area (TPSA) is 26.3 Å². The van der Waals surface area contributed by atoms with E-state index in [1.807, 2.05) is 58.9 Å². The van der Waals surface area contributed by atoms with Crippen LogP contribution in [0.5, 0.6) is 0 Å². The first-order chi connectivity index (χ1) is 8.74. The molecule has 0 aliphatic carbocycles. The minimum absolute atomic E-state index is 0.250. The number of thiophene rings is 1. The van der Waals surface area contributed by atoms with Gasteiger partial charge in [-0.1, -0.05) is 45.9 Å². The summed E-state index contributed by atoms with van der Waals surface area (Å²) in [6, 6.07) is 7.87. The zero-order chi connectivity index (χ0) is 14.1. The third kappa shape index (κ3) is 3.57. The van der Waals surface area contributed by atoms with Gasteiger partial charge in [-0.05, 0) is 13.0 Å². The molecule has 2 rings (SSSR count). The second kappa shape index (κ2) is 8.70. The number of hydrogen-bond acceptors (Lipinski definition) is 3. The molecule has 0 N–H and O–H groups in total. The fraction of sp³-hybridized carbons (Fsp3) is 0.400. The van der Waals surface area contributed by atoms with Crippen molar-refractivity contribution in [2.45, 2.75) is 34.6 Å². The van der Waals surface area contributed by atoms with E-state index in [2.05, 4.69) is 0 Å². The monoisotopic (exact) mass is 266 g/mol. The summed E-state index contributed by atoms with van der Waals surface area (Å²) < 4.78 is 5.88. The molecule has 0 unspecified atom stereocenters. The van der Waals surface area contributed by atoms with Gasteiger partial charge >= 0.3 is 5.97 Å². The molecular weight excluding hydrogens is 244 g/mol. The van der Waals surface area contributed by atoms with Crippen LogP contribution in [0, 0.1) is 6.92 Å². The molecule has 18 heavy (non-hydrogen) atoms. The van der Waals surface area contributed by atoms with Crippen LogP contribution in [0.4, 0.5) is 0 Å². The van der Waals surface area contributed by atoms with Crippen molar-refractivity contribution in [3.05, 3.63) is 34.7 Å². The van der Waals surface area contributed by atoms with Crippen LogP contribution in [0.25, 0.3) is 10.1 Å².